The summed E-state index contributed by atoms with van der Waals surface area (Å²) >= 11 is 0. The van der Waals surface area contributed by atoms with E-state index in [9.17, 15) is 9.59 Å². The summed E-state index contributed by atoms with van der Waals surface area (Å²) in [7, 11) is 3.25. The maximum absolute atomic E-state index is 11.9. The molecule has 1 rings (SSSR count). The minimum atomic E-state index is -0.335. The minimum Gasteiger partial charge on any atom is -0.341 e. The van der Waals surface area contributed by atoms with Gasteiger partial charge in [0.15, 0.2) is 0 Å². The molecule has 104 valence electrons. The van der Waals surface area contributed by atoms with E-state index in [1.165, 1.54) is 4.90 Å². The Morgan fingerprint density at radius 3 is 2.44 bits per heavy atom. The number of nitrogens with zero attached hydrogens (tertiary/aromatic N) is 1. The third kappa shape index (κ3) is 2.52. The smallest absolute Gasteiger partial charge is 0.319 e. The van der Waals surface area contributed by atoms with Crippen molar-refractivity contribution in [2.75, 3.05) is 14.1 Å². The SMILES string of the molecule is CNC(=O)N[C@H]1N(C)C(=O)N[C@@H](C(C)C)C1(C)C. The Morgan fingerprint density at radius 1 is 1.44 bits per heavy atom. The van der Waals surface area contributed by atoms with Gasteiger partial charge in [0.05, 0.1) is 0 Å². The van der Waals surface area contributed by atoms with Gasteiger partial charge in [-0.05, 0) is 5.92 Å². The molecule has 1 heterocycles. The first-order valence-corrected chi connectivity index (χ1v) is 6.23. The molecule has 0 aliphatic carbocycles. The topological polar surface area (TPSA) is 73.5 Å². The fourth-order valence-electron chi connectivity index (χ4n) is 2.71. The quantitative estimate of drug-likeness (QED) is 0.688. The van der Waals surface area contributed by atoms with Gasteiger partial charge in [-0.25, -0.2) is 9.59 Å². The molecule has 1 fully saturated rings. The Kier molecular flexibility index (Phi) is 4.09. The molecule has 0 spiro atoms. The van der Waals surface area contributed by atoms with Crippen LogP contribution in [-0.4, -0.2) is 43.3 Å². The van der Waals surface area contributed by atoms with Crippen molar-refractivity contribution in [2.24, 2.45) is 11.3 Å². The van der Waals surface area contributed by atoms with Crippen molar-refractivity contribution in [3.63, 3.8) is 0 Å². The normalized spacial score (nSPS) is 26.8. The van der Waals surface area contributed by atoms with Crippen LogP contribution in [0.4, 0.5) is 9.59 Å². The second kappa shape index (κ2) is 5.04. The van der Waals surface area contributed by atoms with Gasteiger partial charge in [0.25, 0.3) is 0 Å². The summed E-state index contributed by atoms with van der Waals surface area (Å²) in [4.78, 5) is 25.0. The third-order valence-corrected chi connectivity index (χ3v) is 3.65. The van der Waals surface area contributed by atoms with Crippen LogP contribution in [-0.2, 0) is 0 Å². The number of carbonyl (C=O) groups is 2. The fraction of sp³-hybridized carbons (Fsp3) is 0.833. The van der Waals surface area contributed by atoms with E-state index in [1.54, 1.807) is 14.1 Å². The van der Waals surface area contributed by atoms with Gasteiger partial charge in [0, 0.05) is 25.6 Å². The van der Waals surface area contributed by atoms with Gasteiger partial charge >= 0.3 is 12.1 Å². The highest BCUT2D eigenvalue weighted by atomic mass is 16.2. The Balaban J connectivity index is 3.01. The summed E-state index contributed by atoms with van der Waals surface area (Å²) in [5, 5.41) is 8.35. The van der Waals surface area contributed by atoms with Gasteiger partial charge in [-0.1, -0.05) is 27.7 Å². The molecule has 6 nitrogen and oxygen atoms in total. The molecule has 6 heteroatoms. The van der Waals surface area contributed by atoms with Crippen molar-refractivity contribution < 1.29 is 9.59 Å². The first kappa shape index (κ1) is 14.6. The van der Waals surface area contributed by atoms with E-state index in [1.807, 2.05) is 13.8 Å². The molecule has 18 heavy (non-hydrogen) atoms. The zero-order valence-electron chi connectivity index (χ0n) is 12.0. The molecule has 0 aromatic heterocycles. The summed E-state index contributed by atoms with van der Waals surface area (Å²) in [5.41, 5.74) is -0.261. The Morgan fingerprint density at radius 2 is 2.00 bits per heavy atom. The van der Waals surface area contributed by atoms with Crippen LogP contribution in [0.5, 0.6) is 0 Å². The molecular formula is C12H24N4O2. The number of rotatable bonds is 2. The van der Waals surface area contributed by atoms with Crippen LogP contribution >= 0.6 is 0 Å². The van der Waals surface area contributed by atoms with Crippen LogP contribution in [0.1, 0.15) is 27.7 Å². The standard InChI is InChI=1S/C12H24N4O2/c1-7(2)8-12(3,4)9(15-10(17)13-5)16(6)11(18)14-8/h7-9H,1-6H3,(H,14,18)(H2,13,15,17)/t8-,9-/m0/s1. The van der Waals surface area contributed by atoms with Crippen LogP contribution < -0.4 is 16.0 Å². The van der Waals surface area contributed by atoms with Gasteiger partial charge in [0.1, 0.15) is 6.17 Å². The summed E-state index contributed by atoms with van der Waals surface area (Å²) in [6.07, 6.45) is -0.335. The molecule has 1 aliphatic heterocycles. The lowest BCUT2D eigenvalue weighted by atomic mass is 9.74. The second-order valence-corrected chi connectivity index (χ2v) is 5.73. The number of urea groups is 2. The molecule has 0 bridgehead atoms. The molecule has 4 amide bonds. The van der Waals surface area contributed by atoms with Crippen LogP contribution in [0, 0.1) is 11.3 Å². The summed E-state index contributed by atoms with van der Waals surface area (Å²) in [5.74, 6) is 0.298. The average molecular weight is 256 g/mol. The zero-order chi connectivity index (χ0) is 14.1. The van der Waals surface area contributed by atoms with Crippen molar-refractivity contribution in [3.8, 4) is 0 Å². The highest BCUT2D eigenvalue weighted by Crippen LogP contribution is 2.34. The van der Waals surface area contributed by atoms with Crippen LogP contribution in [0.3, 0.4) is 0 Å². The largest absolute Gasteiger partial charge is 0.341 e. The highest BCUT2D eigenvalue weighted by Gasteiger charge is 2.48. The van der Waals surface area contributed by atoms with E-state index in [-0.39, 0.29) is 29.7 Å². The maximum atomic E-state index is 11.9. The lowest BCUT2D eigenvalue weighted by molar-refractivity contribution is 0.0284. The minimum absolute atomic E-state index is 0.0170. The van der Waals surface area contributed by atoms with Gasteiger partial charge in [-0.15, -0.1) is 0 Å². The van der Waals surface area contributed by atoms with Crippen molar-refractivity contribution in [3.05, 3.63) is 0 Å². The lowest BCUT2D eigenvalue weighted by Crippen LogP contribution is -2.71. The summed E-state index contributed by atoms with van der Waals surface area (Å²) in [6, 6.07) is -0.421. The van der Waals surface area contributed by atoms with Crippen LogP contribution in [0.15, 0.2) is 0 Å². The monoisotopic (exact) mass is 256 g/mol. The first-order chi connectivity index (χ1) is 8.21. The summed E-state index contributed by atoms with van der Waals surface area (Å²) in [6.45, 7) is 8.23. The van der Waals surface area contributed by atoms with E-state index in [4.69, 9.17) is 0 Å². The van der Waals surface area contributed by atoms with Gasteiger partial charge in [-0.3, -0.25) is 0 Å². The van der Waals surface area contributed by atoms with Crippen molar-refractivity contribution in [1.29, 1.82) is 0 Å². The van der Waals surface area contributed by atoms with E-state index in [0.717, 1.165) is 0 Å². The van der Waals surface area contributed by atoms with Crippen molar-refractivity contribution in [2.45, 2.75) is 39.9 Å². The molecule has 0 aromatic carbocycles. The average Bonchev–Trinajstić information content (AvgIpc) is 2.28. The predicted octanol–water partition coefficient (Wildman–Crippen LogP) is 0.947. The molecule has 0 unspecified atom stereocenters. The lowest BCUT2D eigenvalue weighted by Gasteiger charge is -2.51. The molecule has 0 radical (unpaired) electrons. The second-order valence-electron chi connectivity index (χ2n) is 5.73. The molecule has 2 atom stereocenters. The van der Waals surface area contributed by atoms with Gasteiger partial charge in [0.2, 0.25) is 0 Å². The molecule has 1 aliphatic rings. The maximum Gasteiger partial charge on any atom is 0.319 e. The number of hydrogen-bond donors (Lipinski definition) is 3. The van der Waals surface area contributed by atoms with Crippen LogP contribution in [0.25, 0.3) is 0 Å². The van der Waals surface area contributed by atoms with E-state index in [0.29, 0.717) is 5.92 Å². The molecule has 1 saturated heterocycles. The Labute approximate surface area is 108 Å². The zero-order valence-corrected chi connectivity index (χ0v) is 12.0. The van der Waals surface area contributed by atoms with Crippen molar-refractivity contribution >= 4 is 12.1 Å². The number of amides is 4. The summed E-state index contributed by atoms with van der Waals surface area (Å²) < 4.78 is 0. The van der Waals surface area contributed by atoms with Crippen molar-refractivity contribution in [1.82, 2.24) is 20.9 Å². The molecular weight excluding hydrogens is 232 g/mol. The van der Waals surface area contributed by atoms with Gasteiger partial charge in [-0.2, -0.15) is 0 Å². The van der Waals surface area contributed by atoms with E-state index >= 15 is 0 Å². The van der Waals surface area contributed by atoms with Gasteiger partial charge < -0.3 is 20.9 Å². The number of nitrogens with one attached hydrogen (secondary N) is 3. The molecule has 3 N–H and O–H groups in total. The predicted molar refractivity (Wildman–Crippen MR) is 70.1 cm³/mol. The fourth-order valence-corrected chi connectivity index (χ4v) is 2.71. The number of hydrogen-bond acceptors (Lipinski definition) is 2. The number of carbonyl (C=O) groups excluding carboxylic acids is 2. The van der Waals surface area contributed by atoms with Crippen LogP contribution in [0.2, 0.25) is 0 Å². The first-order valence-electron chi connectivity index (χ1n) is 6.23. The molecule has 0 aromatic rings. The Bertz CT molecular complexity index is 341. The molecule has 0 saturated carbocycles. The Hall–Kier alpha value is -1.46. The van der Waals surface area contributed by atoms with E-state index in [2.05, 4.69) is 29.8 Å². The highest BCUT2D eigenvalue weighted by molar-refractivity contribution is 5.78. The van der Waals surface area contributed by atoms with E-state index < -0.39 is 0 Å². The third-order valence-electron chi connectivity index (χ3n) is 3.65.